The molecule has 94 valence electrons. The smallest absolute Gasteiger partial charge is 0.294 e. The molecule has 0 unspecified atom stereocenters. The molecule has 0 radical (unpaired) electrons. The van der Waals surface area contributed by atoms with Crippen molar-refractivity contribution in [3.63, 3.8) is 0 Å². The van der Waals surface area contributed by atoms with Gasteiger partial charge in [-0.2, -0.15) is 0 Å². The number of anilines is 1. The van der Waals surface area contributed by atoms with Gasteiger partial charge in [0.05, 0.1) is 4.92 Å². The van der Waals surface area contributed by atoms with E-state index >= 15 is 0 Å². The number of nitrogens with zero attached hydrogens (tertiary/aromatic N) is 2. The van der Waals surface area contributed by atoms with Gasteiger partial charge >= 0.3 is 0 Å². The van der Waals surface area contributed by atoms with Gasteiger partial charge in [-0.25, -0.2) is 0 Å². The quantitative estimate of drug-likeness (QED) is 0.630. The van der Waals surface area contributed by atoms with E-state index in [1.807, 2.05) is 43.3 Å². The second-order valence-electron chi connectivity index (χ2n) is 3.84. The molecule has 1 aromatic heterocycles. The average molecular weight is 280 g/mol. The Bertz CT molecular complexity index is 549. The molecule has 6 heteroatoms. The van der Waals surface area contributed by atoms with Crippen molar-refractivity contribution in [2.24, 2.45) is 0 Å². The van der Waals surface area contributed by atoms with Gasteiger partial charge in [0.2, 0.25) is 0 Å². The Balaban J connectivity index is 2.18. The fourth-order valence-corrected chi connectivity index (χ4v) is 3.38. The molecular weight excluding hydrogens is 268 g/mol. The van der Waals surface area contributed by atoms with E-state index < -0.39 is 0 Å². The van der Waals surface area contributed by atoms with Crippen molar-refractivity contribution in [3.05, 3.63) is 45.8 Å². The summed E-state index contributed by atoms with van der Waals surface area (Å²) in [5.74, 6) is 0. The number of benzene rings is 1. The van der Waals surface area contributed by atoms with Crippen LogP contribution >= 0.6 is 23.1 Å². The maximum Gasteiger partial charge on any atom is 0.294 e. The van der Waals surface area contributed by atoms with E-state index in [1.54, 1.807) is 11.4 Å². The van der Waals surface area contributed by atoms with Crippen molar-refractivity contribution in [2.45, 2.75) is 9.10 Å². The Hall–Kier alpha value is -1.53. The summed E-state index contributed by atoms with van der Waals surface area (Å²) in [5.41, 5.74) is 1.29. The summed E-state index contributed by atoms with van der Waals surface area (Å²) in [5, 5.41) is 12.6. The molecule has 1 heterocycles. The maximum absolute atomic E-state index is 10.8. The van der Waals surface area contributed by atoms with E-state index in [4.69, 9.17) is 0 Å². The summed E-state index contributed by atoms with van der Waals surface area (Å²) in [6.45, 7) is 0. The molecular formula is C12H12N2O2S2. The summed E-state index contributed by atoms with van der Waals surface area (Å²) in [6.07, 6.45) is 0. The molecule has 2 aromatic rings. The van der Waals surface area contributed by atoms with Gasteiger partial charge in [-0.05, 0) is 29.6 Å². The lowest BCUT2D eigenvalue weighted by molar-refractivity contribution is -0.387. The SMILES string of the molecule is CN(C)c1ccc(Sc2sccc2[N+](=O)[O-])cc1. The first-order chi connectivity index (χ1) is 8.58. The van der Waals surface area contributed by atoms with Gasteiger partial charge in [-0.1, -0.05) is 11.8 Å². The van der Waals surface area contributed by atoms with Crippen molar-refractivity contribution in [3.8, 4) is 0 Å². The van der Waals surface area contributed by atoms with Crippen LogP contribution in [0.3, 0.4) is 0 Å². The third-order valence-electron chi connectivity index (χ3n) is 2.37. The lowest BCUT2D eigenvalue weighted by atomic mass is 10.3. The van der Waals surface area contributed by atoms with Gasteiger partial charge < -0.3 is 4.90 Å². The Morgan fingerprint density at radius 2 is 1.89 bits per heavy atom. The second-order valence-corrected chi connectivity index (χ2v) is 6.10. The molecule has 0 spiro atoms. The molecule has 0 fully saturated rings. The summed E-state index contributed by atoms with van der Waals surface area (Å²) >= 11 is 2.82. The number of thiophene rings is 1. The largest absolute Gasteiger partial charge is 0.378 e. The first kappa shape index (κ1) is 12.9. The third kappa shape index (κ3) is 2.83. The summed E-state index contributed by atoms with van der Waals surface area (Å²) < 4.78 is 0.720. The third-order valence-corrected chi connectivity index (χ3v) is 4.51. The van der Waals surface area contributed by atoms with Crippen LogP contribution in [-0.2, 0) is 0 Å². The number of hydrogen-bond acceptors (Lipinski definition) is 5. The average Bonchev–Trinajstić information content (AvgIpc) is 2.78. The van der Waals surface area contributed by atoms with Gasteiger partial charge in [-0.15, -0.1) is 11.3 Å². The topological polar surface area (TPSA) is 46.4 Å². The highest BCUT2D eigenvalue weighted by Crippen LogP contribution is 2.39. The maximum atomic E-state index is 10.8. The van der Waals surface area contributed by atoms with Crippen molar-refractivity contribution in [2.75, 3.05) is 19.0 Å². The summed E-state index contributed by atoms with van der Waals surface area (Å²) in [7, 11) is 3.96. The van der Waals surface area contributed by atoms with Crippen LogP contribution < -0.4 is 4.90 Å². The molecule has 0 atom stereocenters. The van der Waals surface area contributed by atoms with Crippen LogP contribution in [0, 0.1) is 10.1 Å². The second kappa shape index (κ2) is 5.41. The Labute approximate surface area is 113 Å². The van der Waals surface area contributed by atoms with Crippen LogP contribution in [0.1, 0.15) is 0 Å². The highest BCUT2D eigenvalue weighted by Gasteiger charge is 2.15. The first-order valence-electron chi connectivity index (χ1n) is 5.25. The molecule has 2 rings (SSSR count). The molecule has 0 aliphatic heterocycles. The Morgan fingerprint density at radius 3 is 2.44 bits per heavy atom. The van der Waals surface area contributed by atoms with Crippen molar-refractivity contribution in [1.29, 1.82) is 0 Å². The predicted molar refractivity (Wildman–Crippen MR) is 75.9 cm³/mol. The lowest BCUT2D eigenvalue weighted by Crippen LogP contribution is -2.07. The molecule has 0 amide bonds. The Kier molecular flexibility index (Phi) is 3.88. The minimum atomic E-state index is -0.340. The van der Waals surface area contributed by atoms with Crippen LogP contribution in [-0.4, -0.2) is 19.0 Å². The van der Waals surface area contributed by atoms with E-state index in [0.29, 0.717) is 0 Å². The number of rotatable bonds is 4. The fraction of sp³-hybridized carbons (Fsp3) is 0.167. The normalized spacial score (nSPS) is 10.3. The zero-order chi connectivity index (χ0) is 13.1. The molecule has 0 aliphatic carbocycles. The minimum Gasteiger partial charge on any atom is -0.378 e. The monoisotopic (exact) mass is 280 g/mol. The highest BCUT2D eigenvalue weighted by molar-refractivity contribution is 8.01. The highest BCUT2D eigenvalue weighted by atomic mass is 32.2. The van der Waals surface area contributed by atoms with Crippen LogP contribution in [0.25, 0.3) is 0 Å². The molecule has 18 heavy (non-hydrogen) atoms. The van der Waals surface area contributed by atoms with E-state index in [0.717, 1.165) is 14.8 Å². The van der Waals surface area contributed by atoms with Gasteiger partial charge in [0.25, 0.3) is 5.69 Å². The lowest BCUT2D eigenvalue weighted by Gasteiger charge is -2.12. The molecule has 0 saturated carbocycles. The summed E-state index contributed by atoms with van der Waals surface area (Å²) in [6, 6.07) is 9.50. The van der Waals surface area contributed by atoms with Crippen molar-refractivity contribution in [1.82, 2.24) is 0 Å². The number of hydrogen-bond donors (Lipinski definition) is 0. The number of nitro groups is 1. The van der Waals surface area contributed by atoms with Gasteiger partial charge in [0.15, 0.2) is 0 Å². The zero-order valence-corrected chi connectivity index (χ0v) is 11.6. The minimum absolute atomic E-state index is 0.182. The van der Waals surface area contributed by atoms with E-state index in [9.17, 15) is 10.1 Å². The standard InChI is InChI=1S/C12H12N2O2S2/c1-13(2)9-3-5-10(6-4-9)18-12-11(14(15)16)7-8-17-12/h3-8H,1-2H3. The van der Waals surface area contributed by atoms with E-state index in [1.165, 1.54) is 23.1 Å². The van der Waals surface area contributed by atoms with Gasteiger partial charge in [-0.3, -0.25) is 10.1 Å². The van der Waals surface area contributed by atoms with Gasteiger partial charge in [0.1, 0.15) is 4.21 Å². The molecule has 1 aromatic carbocycles. The fourth-order valence-electron chi connectivity index (χ4n) is 1.42. The molecule has 4 nitrogen and oxygen atoms in total. The van der Waals surface area contributed by atoms with E-state index in [-0.39, 0.29) is 10.6 Å². The van der Waals surface area contributed by atoms with Crippen LogP contribution in [0.4, 0.5) is 11.4 Å². The molecule has 0 N–H and O–H groups in total. The molecule has 0 bridgehead atoms. The molecule has 0 saturated heterocycles. The Morgan fingerprint density at radius 1 is 1.22 bits per heavy atom. The summed E-state index contributed by atoms with van der Waals surface area (Å²) in [4.78, 5) is 13.5. The van der Waals surface area contributed by atoms with Gasteiger partial charge in [0, 0.05) is 30.7 Å². The van der Waals surface area contributed by atoms with Crippen LogP contribution in [0.15, 0.2) is 44.8 Å². The van der Waals surface area contributed by atoms with Crippen LogP contribution in [0.2, 0.25) is 0 Å². The van der Waals surface area contributed by atoms with E-state index in [2.05, 4.69) is 0 Å². The van der Waals surface area contributed by atoms with Crippen molar-refractivity contribution < 1.29 is 4.92 Å². The van der Waals surface area contributed by atoms with Crippen molar-refractivity contribution >= 4 is 34.5 Å². The predicted octanol–water partition coefficient (Wildman–Crippen LogP) is 3.87. The zero-order valence-electron chi connectivity index (χ0n) is 9.99. The first-order valence-corrected chi connectivity index (χ1v) is 6.94. The van der Waals surface area contributed by atoms with Crippen LogP contribution in [0.5, 0.6) is 0 Å². The molecule has 0 aliphatic rings.